The maximum Gasteiger partial charge on any atom is 0.0970 e. The summed E-state index contributed by atoms with van der Waals surface area (Å²) in [7, 11) is 0. The molecule has 2 heterocycles. The number of benzene rings is 1. The van der Waals surface area contributed by atoms with Crippen molar-refractivity contribution < 1.29 is 9.84 Å². The molecule has 3 rings (SSSR count). The van der Waals surface area contributed by atoms with Gasteiger partial charge in [0.1, 0.15) is 0 Å². The van der Waals surface area contributed by atoms with Crippen LogP contribution in [0.5, 0.6) is 0 Å². The third-order valence-electron chi connectivity index (χ3n) is 4.03. The van der Waals surface area contributed by atoms with E-state index in [9.17, 15) is 0 Å². The van der Waals surface area contributed by atoms with Crippen molar-refractivity contribution in [1.82, 2.24) is 9.88 Å². The van der Waals surface area contributed by atoms with Crippen molar-refractivity contribution in [3.8, 4) is 0 Å². The highest BCUT2D eigenvalue weighted by Crippen LogP contribution is 2.33. The molecule has 1 aromatic carbocycles. The summed E-state index contributed by atoms with van der Waals surface area (Å²) in [5, 5.41) is 9.98. The lowest BCUT2D eigenvalue weighted by Crippen LogP contribution is -2.35. The predicted molar refractivity (Wildman–Crippen MR) is 85.9 cm³/mol. The first-order chi connectivity index (χ1) is 10.4. The zero-order valence-corrected chi connectivity index (χ0v) is 13.0. The summed E-state index contributed by atoms with van der Waals surface area (Å²) in [6.45, 7) is 4.47. The van der Waals surface area contributed by atoms with E-state index in [4.69, 9.17) is 14.8 Å². The average Bonchev–Trinajstić information content (AvgIpc) is 2.96. The van der Waals surface area contributed by atoms with Gasteiger partial charge in [0.15, 0.2) is 0 Å². The second-order valence-corrected chi connectivity index (χ2v) is 6.53. The molecule has 1 aliphatic rings. The van der Waals surface area contributed by atoms with E-state index in [1.54, 1.807) is 0 Å². The van der Waals surface area contributed by atoms with E-state index < -0.39 is 0 Å². The Bertz CT molecular complexity index is 531. The van der Waals surface area contributed by atoms with E-state index in [1.807, 2.05) is 11.3 Å². The van der Waals surface area contributed by atoms with Gasteiger partial charge >= 0.3 is 0 Å². The highest BCUT2D eigenvalue weighted by Gasteiger charge is 2.22. The Morgan fingerprint density at radius 1 is 1.24 bits per heavy atom. The molecule has 0 aliphatic carbocycles. The third-order valence-corrected chi connectivity index (χ3v) is 5.23. The molecule has 114 valence electrons. The molecule has 0 amide bonds. The molecule has 0 radical (unpaired) electrons. The fourth-order valence-electron chi connectivity index (χ4n) is 2.83. The Morgan fingerprint density at radius 2 is 2.05 bits per heavy atom. The average molecular weight is 306 g/mol. The SMILES string of the molecule is OCCOCCN1CCC(c2nc3ccccc3s2)CC1. The minimum absolute atomic E-state index is 0.111. The minimum atomic E-state index is 0.111. The summed E-state index contributed by atoms with van der Waals surface area (Å²) in [4.78, 5) is 7.24. The summed E-state index contributed by atoms with van der Waals surface area (Å²) >= 11 is 1.85. The van der Waals surface area contributed by atoms with Crippen LogP contribution in [0.25, 0.3) is 10.2 Å². The number of hydrogen-bond donors (Lipinski definition) is 1. The Morgan fingerprint density at radius 3 is 2.81 bits per heavy atom. The van der Waals surface area contributed by atoms with Crippen LogP contribution in [0.1, 0.15) is 23.8 Å². The molecule has 1 aliphatic heterocycles. The molecule has 4 nitrogen and oxygen atoms in total. The number of likely N-dealkylation sites (tertiary alicyclic amines) is 1. The summed E-state index contributed by atoms with van der Waals surface area (Å²) in [5.41, 5.74) is 1.14. The monoisotopic (exact) mass is 306 g/mol. The van der Waals surface area contributed by atoms with Crippen LogP contribution in [-0.2, 0) is 4.74 Å². The Hall–Kier alpha value is -1.01. The standard InChI is InChI=1S/C16H22N2O2S/c19-10-12-20-11-9-18-7-5-13(6-8-18)16-17-14-3-1-2-4-15(14)21-16/h1-4,13,19H,5-12H2. The third kappa shape index (κ3) is 3.80. The largest absolute Gasteiger partial charge is 0.394 e. The lowest BCUT2D eigenvalue weighted by Gasteiger charge is -2.30. The molecule has 1 fully saturated rings. The number of aromatic nitrogens is 1. The summed E-state index contributed by atoms with van der Waals surface area (Å²) < 4.78 is 6.63. The summed E-state index contributed by atoms with van der Waals surface area (Å²) in [6, 6.07) is 8.40. The van der Waals surface area contributed by atoms with Gasteiger partial charge in [-0.2, -0.15) is 0 Å². The first kappa shape index (κ1) is 14.9. The van der Waals surface area contributed by atoms with Gasteiger partial charge < -0.3 is 14.7 Å². The van der Waals surface area contributed by atoms with Crippen LogP contribution in [0, 0.1) is 0 Å². The molecule has 0 atom stereocenters. The number of hydrogen-bond acceptors (Lipinski definition) is 5. The first-order valence-electron chi connectivity index (χ1n) is 7.63. The van der Waals surface area contributed by atoms with E-state index in [1.165, 1.54) is 22.5 Å². The van der Waals surface area contributed by atoms with E-state index in [2.05, 4.69) is 29.2 Å². The molecule has 2 aromatic rings. The number of thiazole rings is 1. The number of piperidine rings is 1. The quantitative estimate of drug-likeness (QED) is 0.833. The van der Waals surface area contributed by atoms with Crippen molar-refractivity contribution in [2.45, 2.75) is 18.8 Å². The van der Waals surface area contributed by atoms with Gasteiger partial charge in [-0.05, 0) is 38.1 Å². The topological polar surface area (TPSA) is 45.6 Å². The van der Waals surface area contributed by atoms with Crippen molar-refractivity contribution >= 4 is 21.6 Å². The van der Waals surface area contributed by atoms with Crippen LogP contribution >= 0.6 is 11.3 Å². The Kier molecular flexibility index (Phi) is 5.19. The van der Waals surface area contributed by atoms with E-state index in [0.717, 1.165) is 25.2 Å². The van der Waals surface area contributed by atoms with Gasteiger partial charge in [0, 0.05) is 12.5 Å². The molecule has 0 unspecified atom stereocenters. The van der Waals surface area contributed by atoms with Crippen LogP contribution in [0.15, 0.2) is 24.3 Å². The summed E-state index contributed by atoms with van der Waals surface area (Å²) in [5.74, 6) is 0.608. The van der Waals surface area contributed by atoms with Crippen molar-refractivity contribution in [3.05, 3.63) is 29.3 Å². The lowest BCUT2D eigenvalue weighted by atomic mass is 9.97. The molecule has 5 heteroatoms. The first-order valence-corrected chi connectivity index (χ1v) is 8.45. The number of nitrogens with zero attached hydrogens (tertiary/aromatic N) is 2. The lowest BCUT2D eigenvalue weighted by molar-refractivity contribution is 0.0679. The molecule has 1 aromatic heterocycles. The number of aliphatic hydroxyl groups is 1. The van der Waals surface area contributed by atoms with Crippen LogP contribution in [0.4, 0.5) is 0 Å². The van der Waals surface area contributed by atoms with Crippen molar-refractivity contribution in [1.29, 1.82) is 0 Å². The van der Waals surface area contributed by atoms with Crippen LogP contribution in [0.3, 0.4) is 0 Å². The zero-order chi connectivity index (χ0) is 14.5. The molecule has 1 N–H and O–H groups in total. The van der Waals surface area contributed by atoms with E-state index in [-0.39, 0.29) is 6.61 Å². The van der Waals surface area contributed by atoms with Crippen LogP contribution in [0.2, 0.25) is 0 Å². The van der Waals surface area contributed by atoms with Crippen molar-refractivity contribution in [2.75, 3.05) is 39.5 Å². The molecular formula is C16H22N2O2S. The maximum absolute atomic E-state index is 8.68. The fourth-order valence-corrected chi connectivity index (χ4v) is 3.96. The number of fused-ring (bicyclic) bond motifs is 1. The molecule has 0 saturated carbocycles. The number of para-hydroxylation sites is 1. The minimum Gasteiger partial charge on any atom is -0.394 e. The zero-order valence-electron chi connectivity index (χ0n) is 12.2. The Labute approximate surface area is 129 Å². The molecule has 21 heavy (non-hydrogen) atoms. The second kappa shape index (κ2) is 7.31. The number of ether oxygens (including phenoxy) is 1. The van der Waals surface area contributed by atoms with Gasteiger partial charge in [-0.15, -0.1) is 11.3 Å². The predicted octanol–water partition coefficient (Wildman–Crippen LogP) is 2.48. The molecule has 0 spiro atoms. The highest BCUT2D eigenvalue weighted by molar-refractivity contribution is 7.18. The number of aliphatic hydroxyl groups excluding tert-OH is 1. The normalized spacial score (nSPS) is 17.6. The molecular weight excluding hydrogens is 284 g/mol. The van der Waals surface area contributed by atoms with Crippen LogP contribution < -0.4 is 0 Å². The second-order valence-electron chi connectivity index (χ2n) is 5.47. The fraction of sp³-hybridized carbons (Fsp3) is 0.562. The highest BCUT2D eigenvalue weighted by atomic mass is 32.1. The Balaban J connectivity index is 1.51. The number of rotatable bonds is 6. The molecule has 0 bridgehead atoms. The molecule has 1 saturated heterocycles. The van der Waals surface area contributed by atoms with Crippen molar-refractivity contribution in [2.24, 2.45) is 0 Å². The summed E-state index contributed by atoms with van der Waals surface area (Å²) in [6.07, 6.45) is 2.36. The van der Waals surface area contributed by atoms with Gasteiger partial charge in [0.2, 0.25) is 0 Å². The smallest absolute Gasteiger partial charge is 0.0970 e. The van der Waals surface area contributed by atoms with Crippen LogP contribution in [-0.4, -0.2) is 54.4 Å². The van der Waals surface area contributed by atoms with Crippen molar-refractivity contribution in [3.63, 3.8) is 0 Å². The van der Waals surface area contributed by atoms with Gasteiger partial charge in [-0.1, -0.05) is 12.1 Å². The van der Waals surface area contributed by atoms with Gasteiger partial charge in [0.25, 0.3) is 0 Å². The van der Waals surface area contributed by atoms with Gasteiger partial charge in [-0.3, -0.25) is 0 Å². The van der Waals surface area contributed by atoms with Gasteiger partial charge in [0.05, 0.1) is 35.0 Å². The van der Waals surface area contributed by atoms with E-state index in [0.29, 0.717) is 19.1 Å². The van der Waals surface area contributed by atoms with E-state index >= 15 is 0 Å². The van der Waals surface area contributed by atoms with Gasteiger partial charge in [-0.25, -0.2) is 4.98 Å². The maximum atomic E-state index is 8.68.